The molecule has 0 aliphatic heterocycles. The Bertz CT molecular complexity index is 537. The summed E-state index contributed by atoms with van der Waals surface area (Å²) in [5, 5.41) is 3.28. The second kappa shape index (κ2) is 6.68. The zero-order valence-electron chi connectivity index (χ0n) is 11.5. The van der Waals surface area contributed by atoms with E-state index in [9.17, 15) is 0 Å². The molecule has 4 heteroatoms. The second-order valence-corrected chi connectivity index (χ2v) is 5.52. The molecule has 0 fully saturated rings. The first-order valence-corrected chi connectivity index (χ1v) is 7.42. The van der Waals surface area contributed by atoms with Crippen LogP contribution in [0.25, 0.3) is 11.3 Å². The number of rotatable bonds is 6. The first-order valence-electron chi connectivity index (χ1n) is 6.54. The fourth-order valence-electron chi connectivity index (χ4n) is 1.99. The average Bonchev–Trinajstić information content (AvgIpc) is 2.88. The van der Waals surface area contributed by atoms with Gasteiger partial charge in [-0.1, -0.05) is 11.6 Å². The maximum atomic E-state index is 5.51. The molecule has 2 aromatic rings. The number of ether oxygens (including phenoxy) is 1. The van der Waals surface area contributed by atoms with E-state index >= 15 is 0 Å². The van der Waals surface area contributed by atoms with E-state index < -0.39 is 0 Å². The van der Waals surface area contributed by atoms with Crippen LogP contribution in [0.3, 0.4) is 0 Å². The Kier molecular flexibility index (Phi) is 4.93. The highest BCUT2D eigenvalue weighted by atomic mass is 32.1. The van der Waals surface area contributed by atoms with Gasteiger partial charge in [0.2, 0.25) is 0 Å². The minimum atomic E-state index is 0.754. The summed E-state index contributed by atoms with van der Waals surface area (Å²) in [6.07, 6.45) is 3.17. The van der Waals surface area contributed by atoms with Crippen LogP contribution < -0.4 is 10.5 Å². The van der Waals surface area contributed by atoms with E-state index in [-0.39, 0.29) is 0 Å². The second-order valence-electron chi connectivity index (χ2n) is 4.58. The summed E-state index contributed by atoms with van der Waals surface area (Å²) in [6, 6.07) is 6.17. The highest BCUT2D eigenvalue weighted by Gasteiger charge is 2.10. The quantitative estimate of drug-likeness (QED) is 0.823. The Morgan fingerprint density at radius 1 is 1.32 bits per heavy atom. The predicted octanol–water partition coefficient (Wildman–Crippen LogP) is 3.41. The van der Waals surface area contributed by atoms with Gasteiger partial charge in [0, 0.05) is 10.9 Å². The highest BCUT2D eigenvalue weighted by molar-refractivity contribution is 7.09. The maximum Gasteiger partial charge on any atom is 0.128 e. The molecule has 0 saturated carbocycles. The van der Waals surface area contributed by atoms with Crippen molar-refractivity contribution in [2.45, 2.75) is 26.2 Å². The van der Waals surface area contributed by atoms with Crippen molar-refractivity contribution in [3.63, 3.8) is 0 Å². The van der Waals surface area contributed by atoms with Crippen LogP contribution >= 0.6 is 11.3 Å². The lowest BCUT2D eigenvalue weighted by molar-refractivity contribution is 0.416. The molecule has 0 radical (unpaired) electrons. The van der Waals surface area contributed by atoms with E-state index in [2.05, 4.69) is 24.4 Å². The van der Waals surface area contributed by atoms with Crippen molar-refractivity contribution in [1.29, 1.82) is 0 Å². The van der Waals surface area contributed by atoms with Crippen molar-refractivity contribution < 1.29 is 4.74 Å². The van der Waals surface area contributed by atoms with Crippen LogP contribution in [0.2, 0.25) is 0 Å². The molecule has 2 rings (SSSR count). The highest BCUT2D eigenvalue weighted by Crippen LogP contribution is 2.31. The Morgan fingerprint density at radius 3 is 2.89 bits per heavy atom. The van der Waals surface area contributed by atoms with E-state index in [1.165, 1.54) is 10.6 Å². The van der Waals surface area contributed by atoms with Crippen molar-refractivity contribution >= 4 is 11.3 Å². The first-order chi connectivity index (χ1) is 9.24. The van der Waals surface area contributed by atoms with Crippen LogP contribution in [-0.4, -0.2) is 18.6 Å². The zero-order valence-corrected chi connectivity index (χ0v) is 12.3. The van der Waals surface area contributed by atoms with Gasteiger partial charge in [-0.3, -0.25) is 0 Å². The molecule has 2 N–H and O–H groups in total. The largest absolute Gasteiger partial charge is 0.496 e. The van der Waals surface area contributed by atoms with Crippen molar-refractivity contribution in [3.05, 3.63) is 34.2 Å². The Balaban J connectivity index is 2.20. The van der Waals surface area contributed by atoms with Gasteiger partial charge in [-0.15, -0.1) is 11.3 Å². The van der Waals surface area contributed by atoms with E-state index in [0.29, 0.717) is 0 Å². The third-order valence-corrected chi connectivity index (χ3v) is 3.94. The molecule has 0 saturated heterocycles. The van der Waals surface area contributed by atoms with Crippen molar-refractivity contribution in [3.8, 4) is 17.0 Å². The molecule has 0 aliphatic carbocycles. The smallest absolute Gasteiger partial charge is 0.128 e. The van der Waals surface area contributed by atoms with Crippen LogP contribution in [0.5, 0.6) is 5.75 Å². The minimum Gasteiger partial charge on any atom is -0.496 e. The van der Waals surface area contributed by atoms with Gasteiger partial charge in [0.1, 0.15) is 5.75 Å². The van der Waals surface area contributed by atoms with Gasteiger partial charge in [0.05, 0.1) is 17.8 Å². The minimum absolute atomic E-state index is 0.754. The Hall–Kier alpha value is -1.39. The number of nitrogens with two attached hydrogens (primary N) is 1. The third kappa shape index (κ3) is 3.55. The first kappa shape index (κ1) is 14.0. The summed E-state index contributed by atoms with van der Waals surface area (Å²) in [5.74, 6) is 0.879. The van der Waals surface area contributed by atoms with E-state index in [4.69, 9.17) is 15.5 Å². The molecule has 0 aliphatic rings. The normalized spacial score (nSPS) is 10.7. The number of hydrogen-bond donors (Lipinski definition) is 1. The van der Waals surface area contributed by atoms with Crippen LogP contribution in [0.1, 0.15) is 23.4 Å². The van der Waals surface area contributed by atoms with E-state index in [0.717, 1.165) is 42.8 Å². The summed E-state index contributed by atoms with van der Waals surface area (Å²) >= 11 is 1.71. The fourth-order valence-corrected chi connectivity index (χ4v) is 2.83. The van der Waals surface area contributed by atoms with Crippen LogP contribution in [-0.2, 0) is 6.42 Å². The number of benzene rings is 1. The number of unbranched alkanes of at least 4 members (excludes halogenated alkanes) is 1. The molecule has 19 heavy (non-hydrogen) atoms. The van der Waals surface area contributed by atoms with E-state index in [1.54, 1.807) is 18.4 Å². The van der Waals surface area contributed by atoms with Gasteiger partial charge in [0.15, 0.2) is 0 Å². The summed E-state index contributed by atoms with van der Waals surface area (Å²) in [5.41, 5.74) is 8.81. The van der Waals surface area contributed by atoms with Gasteiger partial charge < -0.3 is 10.5 Å². The van der Waals surface area contributed by atoms with Gasteiger partial charge in [-0.2, -0.15) is 0 Å². The summed E-state index contributed by atoms with van der Waals surface area (Å²) in [6.45, 7) is 2.83. The van der Waals surface area contributed by atoms with Gasteiger partial charge in [0.25, 0.3) is 0 Å². The topological polar surface area (TPSA) is 48.1 Å². The van der Waals surface area contributed by atoms with Gasteiger partial charge in [-0.05, 0) is 44.9 Å². The predicted molar refractivity (Wildman–Crippen MR) is 80.8 cm³/mol. The lowest BCUT2D eigenvalue weighted by Crippen LogP contribution is -1.98. The molecular formula is C15H20N2OS. The molecule has 0 bridgehead atoms. The molecule has 0 atom stereocenters. The Morgan fingerprint density at radius 2 is 2.16 bits per heavy atom. The number of nitrogens with zero attached hydrogens (tertiary/aromatic N) is 1. The number of methoxy groups -OCH3 is 1. The summed E-state index contributed by atoms with van der Waals surface area (Å²) < 4.78 is 5.41. The number of aromatic nitrogens is 1. The molecule has 1 heterocycles. The standard InChI is InChI=1S/C15H20N2OS/c1-11-6-7-14(18-2)12(9-11)13-10-19-15(17-13)5-3-4-8-16/h6-7,9-10H,3-5,8,16H2,1-2H3. The molecule has 3 nitrogen and oxygen atoms in total. The molecule has 0 amide bonds. The monoisotopic (exact) mass is 276 g/mol. The van der Waals surface area contributed by atoms with Crippen LogP contribution in [0, 0.1) is 6.92 Å². The average molecular weight is 276 g/mol. The molecule has 0 unspecified atom stereocenters. The summed E-state index contributed by atoms with van der Waals surface area (Å²) in [7, 11) is 1.70. The lowest BCUT2D eigenvalue weighted by atomic mass is 10.1. The number of thiazole rings is 1. The molecule has 1 aromatic heterocycles. The van der Waals surface area contributed by atoms with Gasteiger partial charge >= 0.3 is 0 Å². The van der Waals surface area contributed by atoms with Crippen LogP contribution in [0.4, 0.5) is 0 Å². The van der Waals surface area contributed by atoms with Crippen molar-refractivity contribution in [2.75, 3.05) is 13.7 Å². The zero-order chi connectivity index (χ0) is 13.7. The fraction of sp³-hybridized carbons (Fsp3) is 0.400. The molecule has 102 valence electrons. The lowest BCUT2D eigenvalue weighted by Gasteiger charge is -2.07. The van der Waals surface area contributed by atoms with Crippen molar-refractivity contribution in [2.24, 2.45) is 5.73 Å². The molecule has 0 spiro atoms. The number of hydrogen-bond acceptors (Lipinski definition) is 4. The molecular weight excluding hydrogens is 256 g/mol. The van der Waals surface area contributed by atoms with Crippen LogP contribution in [0.15, 0.2) is 23.6 Å². The molecule has 1 aromatic carbocycles. The third-order valence-electron chi connectivity index (χ3n) is 3.03. The summed E-state index contributed by atoms with van der Waals surface area (Å²) in [4.78, 5) is 4.70. The van der Waals surface area contributed by atoms with Crippen molar-refractivity contribution in [1.82, 2.24) is 4.98 Å². The maximum absolute atomic E-state index is 5.51. The van der Waals surface area contributed by atoms with E-state index in [1.807, 2.05) is 6.07 Å². The Labute approximate surface area is 118 Å². The van der Waals surface area contributed by atoms with Gasteiger partial charge in [-0.25, -0.2) is 4.98 Å². The number of aryl methyl sites for hydroxylation is 2. The SMILES string of the molecule is COc1ccc(C)cc1-c1csc(CCCCN)n1.